The van der Waals surface area contributed by atoms with Crippen LogP contribution < -0.4 is 4.90 Å². The van der Waals surface area contributed by atoms with Gasteiger partial charge in [-0.15, -0.1) is 0 Å². The number of carbonyl (C=O) groups excluding carboxylic acids is 1. The molecule has 1 unspecified atom stereocenters. The third-order valence-electron chi connectivity index (χ3n) is 3.19. The fourth-order valence-corrected chi connectivity index (χ4v) is 2.16. The summed E-state index contributed by atoms with van der Waals surface area (Å²) >= 11 is 0. The van der Waals surface area contributed by atoms with Crippen molar-refractivity contribution >= 4 is 11.9 Å². The Morgan fingerprint density at radius 2 is 2.22 bits per heavy atom. The van der Waals surface area contributed by atoms with Crippen molar-refractivity contribution in [1.29, 1.82) is 0 Å². The van der Waals surface area contributed by atoms with Crippen LogP contribution in [0.1, 0.15) is 12.8 Å². The molecule has 1 aromatic rings. The maximum Gasteiger partial charge on any atom is 0.250 e. The summed E-state index contributed by atoms with van der Waals surface area (Å²) in [4.78, 5) is 27.5. The number of aromatic nitrogens is 2. The lowest BCUT2D eigenvalue weighted by atomic mass is 9.97. The molecule has 1 saturated heterocycles. The lowest BCUT2D eigenvalue weighted by Crippen LogP contribution is -2.44. The molecular formula is C12H18N4O2. The summed E-state index contributed by atoms with van der Waals surface area (Å²) < 4.78 is 0. The molecule has 0 N–H and O–H groups in total. The molecule has 6 heteroatoms. The molecule has 18 heavy (non-hydrogen) atoms. The van der Waals surface area contributed by atoms with E-state index in [4.69, 9.17) is 4.84 Å². The molecule has 1 aromatic heterocycles. The van der Waals surface area contributed by atoms with Crippen LogP contribution in [0.3, 0.4) is 0 Å². The molecule has 0 radical (unpaired) electrons. The fourth-order valence-electron chi connectivity index (χ4n) is 2.16. The second kappa shape index (κ2) is 5.77. The molecule has 1 aliphatic heterocycles. The first-order valence-electron chi connectivity index (χ1n) is 6.06. The first-order chi connectivity index (χ1) is 8.72. The van der Waals surface area contributed by atoms with Gasteiger partial charge in [0, 0.05) is 32.5 Å². The monoisotopic (exact) mass is 250 g/mol. The smallest absolute Gasteiger partial charge is 0.250 e. The summed E-state index contributed by atoms with van der Waals surface area (Å²) in [6.07, 6.45) is 5.28. The standard InChI is InChI=1S/C12H18N4O2/c1-15(18-2)11(17)10-5-3-8-16(9-10)12-13-6-4-7-14-12/h4,6-7,10H,3,5,8-9H2,1-2H3. The van der Waals surface area contributed by atoms with Crippen molar-refractivity contribution in [2.45, 2.75) is 12.8 Å². The van der Waals surface area contributed by atoms with Crippen LogP contribution >= 0.6 is 0 Å². The number of hydrogen-bond acceptors (Lipinski definition) is 5. The molecule has 2 heterocycles. The molecule has 0 aromatic carbocycles. The van der Waals surface area contributed by atoms with E-state index in [-0.39, 0.29) is 11.8 Å². The molecule has 1 aliphatic rings. The minimum atomic E-state index is -0.0486. The van der Waals surface area contributed by atoms with Crippen molar-refractivity contribution in [3.63, 3.8) is 0 Å². The van der Waals surface area contributed by atoms with Crippen LogP contribution in [0.25, 0.3) is 0 Å². The number of carbonyl (C=O) groups is 1. The van der Waals surface area contributed by atoms with E-state index in [9.17, 15) is 4.79 Å². The van der Waals surface area contributed by atoms with Gasteiger partial charge >= 0.3 is 0 Å². The summed E-state index contributed by atoms with van der Waals surface area (Å²) in [6, 6.07) is 1.79. The summed E-state index contributed by atoms with van der Waals surface area (Å²) in [5.74, 6) is 0.653. The molecule has 1 amide bonds. The number of anilines is 1. The van der Waals surface area contributed by atoms with Gasteiger partial charge in [0.05, 0.1) is 13.0 Å². The highest BCUT2D eigenvalue weighted by molar-refractivity contribution is 5.78. The first-order valence-corrected chi connectivity index (χ1v) is 6.06. The normalized spacial score (nSPS) is 19.7. The largest absolute Gasteiger partial charge is 0.340 e. The van der Waals surface area contributed by atoms with Crippen molar-refractivity contribution in [2.24, 2.45) is 5.92 Å². The Hall–Kier alpha value is -1.69. The SMILES string of the molecule is CON(C)C(=O)C1CCCN(c2ncccn2)C1. The molecule has 0 aliphatic carbocycles. The van der Waals surface area contributed by atoms with Gasteiger partial charge in [-0.1, -0.05) is 0 Å². The van der Waals surface area contributed by atoms with Crippen LogP contribution in [0.4, 0.5) is 5.95 Å². The molecule has 1 fully saturated rings. The van der Waals surface area contributed by atoms with Gasteiger partial charge in [-0.2, -0.15) is 0 Å². The Balaban J connectivity index is 2.03. The van der Waals surface area contributed by atoms with Crippen molar-refractivity contribution in [2.75, 3.05) is 32.1 Å². The Bertz CT molecular complexity index is 398. The van der Waals surface area contributed by atoms with Crippen LogP contribution in [-0.4, -0.2) is 48.2 Å². The minimum absolute atomic E-state index is 0.0122. The summed E-state index contributed by atoms with van der Waals surface area (Å²) in [6.45, 7) is 1.54. The highest BCUT2D eigenvalue weighted by Crippen LogP contribution is 2.21. The summed E-state index contributed by atoms with van der Waals surface area (Å²) in [7, 11) is 3.14. The Labute approximate surface area is 107 Å². The molecule has 98 valence electrons. The highest BCUT2D eigenvalue weighted by Gasteiger charge is 2.29. The van der Waals surface area contributed by atoms with E-state index in [1.54, 1.807) is 25.5 Å². The summed E-state index contributed by atoms with van der Waals surface area (Å²) in [5.41, 5.74) is 0. The van der Waals surface area contributed by atoms with E-state index in [1.807, 2.05) is 0 Å². The van der Waals surface area contributed by atoms with Crippen LogP contribution in [-0.2, 0) is 9.63 Å². The fraction of sp³-hybridized carbons (Fsp3) is 0.583. The molecule has 0 saturated carbocycles. The van der Waals surface area contributed by atoms with E-state index in [0.717, 1.165) is 19.4 Å². The van der Waals surface area contributed by atoms with E-state index >= 15 is 0 Å². The number of hydrogen-bond donors (Lipinski definition) is 0. The Morgan fingerprint density at radius 1 is 1.50 bits per heavy atom. The van der Waals surface area contributed by atoms with Crippen LogP contribution in [0.2, 0.25) is 0 Å². The Morgan fingerprint density at radius 3 is 2.89 bits per heavy atom. The van der Waals surface area contributed by atoms with E-state index in [0.29, 0.717) is 12.5 Å². The van der Waals surface area contributed by atoms with Gasteiger partial charge in [-0.25, -0.2) is 15.0 Å². The minimum Gasteiger partial charge on any atom is -0.340 e. The second-order valence-electron chi connectivity index (χ2n) is 4.35. The zero-order valence-electron chi connectivity index (χ0n) is 10.7. The highest BCUT2D eigenvalue weighted by atomic mass is 16.7. The van der Waals surface area contributed by atoms with Gasteiger partial charge < -0.3 is 4.90 Å². The first kappa shape index (κ1) is 12.8. The molecule has 1 atom stereocenters. The van der Waals surface area contributed by atoms with Crippen molar-refractivity contribution in [1.82, 2.24) is 15.0 Å². The lowest BCUT2D eigenvalue weighted by Gasteiger charge is -2.33. The molecule has 0 bridgehead atoms. The molecule has 0 spiro atoms. The van der Waals surface area contributed by atoms with Gasteiger partial charge in [0.2, 0.25) is 5.95 Å². The van der Waals surface area contributed by atoms with Gasteiger partial charge in [-0.05, 0) is 18.9 Å². The Kier molecular flexibility index (Phi) is 4.09. The summed E-state index contributed by atoms with van der Waals surface area (Å²) in [5, 5.41) is 1.29. The molecule has 6 nitrogen and oxygen atoms in total. The van der Waals surface area contributed by atoms with Gasteiger partial charge in [0.1, 0.15) is 0 Å². The quantitative estimate of drug-likeness (QED) is 0.740. The van der Waals surface area contributed by atoms with E-state index in [2.05, 4.69) is 14.9 Å². The third kappa shape index (κ3) is 2.76. The number of amides is 1. The predicted octanol–water partition coefficient (Wildman–Crippen LogP) is 0.713. The number of hydroxylamine groups is 2. The van der Waals surface area contributed by atoms with E-state index < -0.39 is 0 Å². The zero-order chi connectivity index (χ0) is 13.0. The maximum atomic E-state index is 12.0. The second-order valence-corrected chi connectivity index (χ2v) is 4.35. The number of rotatable bonds is 3. The van der Waals surface area contributed by atoms with Crippen molar-refractivity contribution < 1.29 is 9.63 Å². The topological polar surface area (TPSA) is 58.6 Å². The molecular weight excluding hydrogens is 232 g/mol. The van der Waals surface area contributed by atoms with Crippen LogP contribution in [0, 0.1) is 5.92 Å². The third-order valence-corrected chi connectivity index (χ3v) is 3.19. The van der Waals surface area contributed by atoms with Gasteiger partial charge in [0.15, 0.2) is 0 Å². The zero-order valence-corrected chi connectivity index (χ0v) is 10.7. The van der Waals surface area contributed by atoms with Gasteiger partial charge in [-0.3, -0.25) is 9.63 Å². The van der Waals surface area contributed by atoms with E-state index in [1.165, 1.54) is 12.2 Å². The molecule has 2 rings (SSSR count). The van der Waals surface area contributed by atoms with Crippen LogP contribution in [0.5, 0.6) is 0 Å². The average Bonchev–Trinajstić information content (AvgIpc) is 2.46. The predicted molar refractivity (Wildman–Crippen MR) is 66.7 cm³/mol. The van der Waals surface area contributed by atoms with Gasteiger partial charge in [0.25, 0.3) is 5.91 Å². The van der Waals surface area contributed by atoms with Crippen LogP contribution in [0.15, 0.2) is 18.5 Å². The van der Waals surface area contributed by atoms with Crippen molar-refractivity contribution in [3.05, 3.63) is 18.5 Å². The van der Waals surface area contributed by atoms with Crippen molar-refractivity contribution in [3.8, 4) is 0 Å². The maximum absolute atomic E-state index is 12.0. The number of piperidine rings is 1. The number of nitrogens with zero attached hydrogens (tertiary/aromatic N) is 4. The lowest BCUT2D eigenvalue weighted by molar-refractivity contribution is -0.173. The average molecular weight is 250 g/mol.